The number of halogens is 2. The van der Waals surface area contributed by atoms with Gasteiger partial charge in [-0.2, -0.15) is 0 Å². The maximum Gasteiger partial charge on any atom is 0.126 e. The minimum absolute atomic E-state index is 0.00795. The van der Waals surface area contributed by atoms with Crippen LogP contribution in [0, 0.1) is 11.6 Å². The quantitative estimate of drug-likeness (QED) is 0.915. The third-order valence-electron chi connectivity index (χ3n) is 2.75. The van der Waals surface area contributed by atoms with Crippen molar-refractivity contribution < 1.29 is 23.4 Å². The molecule has 0 aliphatic rings. The third kappa shape index (κ3) is 3.45. The molecule has 0 spiro atoms. The van der Waals surface area contributed by atoms with Gasteiger partial charge in [-0.25, -0.2) is 8.78 Å². The summed E-state index contributed by atoms with van der Waals surface area (Å²) < 4.78 is 36.6. The first-order valence-corrected chi connectivity index (χ1v) is 5.98. The number of aliphatic hydroxyl groups excluding tert-OH is 1. The van der Waals surface area contributed by atoms with Crippen molar-refractivity contribution in [2.75, 3.05) is 7.11 Å². The highest BCUT2D eigenvalue weighted by Gasteiger charge is 2.07. The Labute approximate surface area is 115 Å². The van der Waals surface area contributed by atoms with Crippen molar-refractivity contribution in [3.05, 3.63) is 59.2 Å². The molecule has 0 aliphatic carbocycles. The van der Waals surface area contributed by atoms with E-state index in [1.165, 1.54) is 19.2 Å². The van der Waals surface area contributed by atoms with Gasteiger partial charge in [0.05, 0.1) is 13.7 Å². The van der Waals surface area contributed by atoms with Crippen molar-refractivity contribution in [2.24, 2.45) is 0 Å². The van der Waals surface area contributed by atoms with Crippen LogP contribution in [0.25, 0.3) is 0 Å². The van der Waals surface area contributed by atoms with Gasteiger partial charge in [-0.3, -0.25) is 0 Å². The Morgan fingerprint density at radius 1 is 1.05 bits per heavy atom. The number of aliphatic hydroxyl groups is 1. The van der Waals surface area contributed by atoms with Crippen molar-refractivity contribution >= 4 is 0 Å². The van der Waals surface area contributed by atoms with Crippen molar-refractivity contribution in [3.8, 4) is 11.5 Å². The molecule has 2 aromatic rings. The summed E-state index contributed by atoms with van der Waals surface area (Å²) in [5.74, 6) is -0.266. The number of methoxy groups -OCH3 is 1. The predicted octanol–water partition coefficient (Wildman–Crippen LogP) is 3.04. The molecule has 2 aromatic carbocycles. The first-order chi connectivity index (χ1) is 9.62. The summed E-state index contributed by atoms with van der Waals surface area (Å²) in [5.41, 5.74) is 0.920. The van der Waals surface area contributed by atoms with Crippen LogP contribution in [0.15, 0.2) is 36.4 Å². The van der Waals surface area contributed by atoms with Gasteiger partial charge in [-0.15, -0.1) is 0 Å². The van der Waals surface area contributed by atoms with Gasteiger partial charge in [0.1, 0.15) is 29.7 Å². The molecule has 0 heterocycles. The van der Waals surface area contributed by atoms with Crippen LogP contribution in [0.3, 0.4) is 0 Å². The molecule has 0 saturated heterocycles. The standard InChI is InChI=1S/C15H14F2O3/c1-19-14-2-3-15(11(6-14)8-18)20-9-10-4-12(16)7-13(17)5-10/h2-7,18H,8-9H2,1H3. The van der Waals surface area contributed by atoms with Gasteiger partial charge in [0.25, 0.3) is 0 Å². The van der Waals surface area contributed by atoms with Crippen molar-refractivity contribution in [3.63, 3.8) is 0 Å². The van der Waals surface area contributed by atoms with Crippen LogP contribution in [0.1, 0.15) is 11.1 Å². The lowest BCUT2D eigenvalue weighted by Crippen LogP contribution is -2.00. The zero-order chi connectivity index (χ0) is 14.5. The highest BCUT2D eigenvalue weighted by molar-refractivity contribution is 5.40. The third-order valence-corrected chi connectivity index (χ3v) is 2.75. The van der Waals surface area contributed by atoms with E-state index >= 15 is 0 Å². The topological polar surface area (TPSA) is 38.7 Å². The molecule has 2 rings (SSSR count). The molecule has 0 amide bonds. The summed E-state index contributed by atoms with van der Waals surface area (Å²) in [6.07, 6.45) is 0. The van der Waals surface area contributed by atoms with E-state index in [1.807, 2.05) is 0 Å². The number of benzene rings is 2. The maximum atomic E-state index is 13.0. The molecule has 0 fully saturated rings. The predicted molar refractivity (Wildman–Crippen MR) is 69.6 cm³/mol. The minimum Gasteiger partial charge on any atom is -0.497 e. The van der Waals surface area contributed by atoms with E-state index in [1.54, 1.807) is 18.2 Å². The zero-order valence-corrected chi connectivity index (χ0v) is 10.9. The van der Waals surface area contributed by atoms with Crippen molar-refractivity contribution in [2.45, 2.75) is 13.2 Å². The Balaban J connectivity index is 2.14. The van der Waals surface area contributed by atoms with Crippen LogP contribution in [0.5, 0.6) is 11.5 Å². The SMILES string of the molecule is COc1ccc(OCc2cc(F)cc(F)c2)c(CO)c1. The lowest BCUT2D eigenvalue weighted by Gasteiger charge is -2.11. The van der Waals surface area contributed by atoms with Crippen molar-refractivity contribution in [1.29, 1.82) is 0 Å². The molecule has 0 atom stereocenters. The van der Waals surface area contributed by atoms with Crippen molar-refractivity contribution in [1.82, 2.24) is 0 Å². The monoisotopic (exact) mass is 280 g/mol. The first-order valence-electron chi connectivity index (χ1n) is 5.98. The number of hydrogen-bond acceptors (Lipinski definition) is 3. The van der Waals surface area contributed by atoms with Crippen LogP contribution >= 0.6 is 0 Å². The van der Waals surface area contributed by atoms with E-state index in [0.29, 0.717) is 22.6 Å². The molecule has 0 unspecified atom stereocenters. The summed E-state index contributed by atoms with van der Waals surface area (Å²) >= 11 is 0. The van der Waals surface area contributed by atoms with Crippen LogP contribution in [-0.2, 0) is 13.2 Å². The highest BCUT2D eigenvalue weighted by Crippen LogP contribution is 2.25. The summed E-state index contributed by atoms with van der Waals surface area (Å²) in [6.45, 7) is -0.210. The average molecular weight is 280 g/mol. The fraction of sp³-hybridized carbons (Fsp3) is 0.200. The molecule has 0 bridgehead atoms. The lowest BCUT2D eigenvalue weighted by molar-refractivity contribution is 0.257. The van der Waals surface area contributed by atoms with E-state index in [2.05, 4.69) is 0 Å². The van der Waals surface area contributed by atoms with Gasteiger partial charge in [0, 0.05) is 11.6 Å². The smallest absolute Gasteiger partial charge is 0.126 e. The molecule has 20 heavy (non-hydrogen) atoms. The molecular formula is C15H14F2O3. The normalized spacial score (nSPS) is 10.4. The average Bonchev–Trinajstić information content (AvgIpc) is 2.44. The van der Waals surface area contributed by atoms with Crippen LogP contribution < -0.4 is 9.47 Å². The van der Waals surface area contributed by atoms with E-state index in [0.717, 1.165) is 6.07 Å². The molecule has 5 heteroatoms. The number of ether oxygens (including phenoxy) is 2. The van der Waals surface area contributed by atoms with Gasteiger partial charge >= 0.3 is 0 Å². The van der Waals surface area contributed by atoms with Crippen LogP contribution in [0.2, 0.25) is 0 Å². The Morgan fingerprint density at radius 2 is 1.75 bits per heavy atom. The summed E-state index contributed by atoms with van der Waals surface area (Å²) in [6, 6.07) is 8.16. The van der Waals surface area contributed by atoms with E-state index in [-0.39, 0.29) is 13.2 Å². The fourth-order valence-electron chi connectivity index (χ4n) is 1.80. The van der Waals surface area contributed by atoms with Crippen LogP contribution in [-0.4, -0.2) is 12.2 Å². The first kappa shape index (κ1) is 14.3. The minimum atomic E-state index is -0.652. The molecule has 0 saturated carbocycles. The second-order valence-electron chi connectivity index (χ2n) is 4.20. The molecule has 0 aliphatic heterocycles. The summed E-state index contributed by atoms with van der Waals surface area (Å²) in [7, 11) is 1.52. The van der Waals surface area contributed by atoms with Gasteiger partial charge in [-0.05, 0) is 35.9 Å². The largest absolute Gasteiger partial charge is 0.497 e. The number of rotatable bonds is 5. The van der Waals surface area contributed by atoms with Crippen LogP contribution in [0.4, 0.5) is 8.78 Å². The number of hydrogen-bond donors (Lipinski definition) is 1. The second kappa shape index (κ2) is 6.34. The van der Waals surface area contributed by atoms with Gasteiger partial charge in [0.15, 0.2) is 0 Å². The highest BCUT2D eigenvalue weighted by atomic mass is 19.1. The Hall–Kier alpha value is -2.14. The Bertz CT molecular complexity index is 579. The van der Waals surface area contributed by atoms with E-state index in [9.17, 15) is 13.9 Å². The molecule has 3 nitrogen and oxygen atoms in total. The molecule has 106 valence electrons. The van der Waals surface area contributed by atoms with Gasteiger partial charge < -0.3 is 14.6 Å². The Morgan fingerprint density at radius 3 is 2.35 bits per heavy atom. The molecular weight excluding hydrogens is 266 g/mol. The maximum absolute atomic E-state index is 13.0. The zero-order valence-electron chi connectivity index (χ0n) is 10.9. The lowest BCUT2D eigenvalue weighted by atomic mass is 10.2. The molecule has 0 aromatic heterocycles. The van der Waals surface area contributed by atoms with E-state index in [4.69, 9.17) is 9.47 Å². The Kier molecular flexibility index (Phi) is 4.53. The summed E-state index contributed by atoms with van der Waals surface area (Å²) in [5, 5.41) is 9.27. The molecule has 1 N–H and O–H groups in total. The fourth-order valence-corrected chi connectivity index (χ4v) is 1.80. The van der Waals surface area contributed by atoms with E-state index < -0.39 is 11.6 Å². The summed E-state index contributed by atoms with van der Waals surface area (Å²) in [4.78, 5) is 0. The molecule has 0 radical (unpaired) electrons. The second-order valence-corrected chi connectivity index (χ2v) is 4.20. The van der Waals surface area contributed by atoms with Gasteiger partial charge in [0.2, 0.25) is 0 Å². The van der Waals surface area contributed by atoms with Gasteiger partial charge in [-0.1, -0.05) is 0 Å².